The molecule has 2 rings (SSSR count). The molecule has 1 aliphatic carbocycles. The van der Waals surface area contributed by atoms with E-state index in [9.17, 15) is 18.7 Å². The van der Waals surface area contributed by atoms with E-state index in [-0.39, 0.29) is 25.9 Å². The van der Waals surface area contributed by atoms with Crippen molar-refractivity contribution >= 4 is 5.97 Å². The van der Waals surface area contributed by atoms with Crippen LogP contribution >= 0.6 is 0 Å². The molecule has 1 saturated carbocycles. The van der Waals surface area contributed by atoms with Crippen LogP contribution in [0.1, 0.15) is 33.1 Å². The summed E-state index contributed by atoms with van der Waals surface area (Å²) in [5.41, 5.74) is -1.97. The van der Waals surface area contributed by atoms with Crippen molar-refractivity contribution in [2.45, 2.75) is 56.2 Å². The Kier molecular flexibility index (Phi) is 2.70. The number of esters is 1. The molecule has 17 heavy (non-hydrogen) atoms. The summed E-state index contributed by atoms with van der Waals surface area (Å²) in [6, 6.07) is -0.830. The summed E-state index contributed by atoms with van der Waals surface area (Å²) >= 11 is 0. The summed E-state index contributed by atoms with van der Waals surface area (Å²) in [4.78, 5) is 11.2. The minimum absolute atomic E-state index is 0.152. The van der Waals surface area contributed by atoms with Crippen molar-refractivity contribution in [2.75, 3.05) is 6.61 Å². The number of hydrogen-bond donors (Lipinski definition) is 2. The highest BCUT2D eigenvalue weighted by Crippen LogP contribution is 2.59. The van der Waals surface area contributed by atoms with Gasteiger partial charge in [-0.2, -0.15) is 0 Å². The van der Waals surface area contributed by atoms with Gasteiger partial charge in [-0.1, -0.05) is 0 Å². The van der Waals surface area contributed by atoms with Gasteiger partial charge in [0.15, 0.2) is 0 Å². The molecule has 1 saturated heterocycles. The molecule has 1 heterocycles. The van der Waals surface area contributed by atoms with E-state index in [1.165, 1.54) is 6.92 Å². The van der Waals surface area contributed by atoms with Crippen LogP contribution in [0.4, 0.5) is 8.78 Å². The van der Waals surface area contributed by atoms with E-state index in [1.54, 1.807) is 6.92 Å². The number of aliphatic hydroxyl groups is 1. The molecule has 3 unspecified atom stereocenters. The van der Waals surface area contributed by atoms with Gasteiger partial charge in [0, 0.05) is 12.0 Å². The molecule has 0 radical (unpaired) electrons. The van der Waals surface area contributed by atoms with E-state index >= 15 is 0 Å². The third-order valence-corrected chi connectivity index (χ3v) is 3.40. The first-order valence-electron chi connectivity index (χ1n) is 5.74. The van der Waals surface area contributed by atoms with E-state index in [0.717, 1.165) is 0 Å². The normalized spacial score (nSPS) is 36.4. The maximum atomic E-state index is 12.9. The quantitative estimate of drug-likeness (QED) is 0.559. The topological polar surface area (TPSA) is 68.5 Å². The van der Waals surface area contributed by atoms with Gasteiger partial charge >= 0.3 is 5.97 Å². The van der Waals surface area contributed by atoms with Crippen LogP contribution < -0.4 is 5.32 Å². The molecule has 0 amide bonds. The average molecular weight is 249 g/mol. The second-order valence-electron chi connectivity index (χ2n) is 5.33. The third kappa shape index (κ3) is 2.28. The molecule has 2 fully saturated rings. The summed E-state index contributed by atoms with van der Waals surface area (Å²) in [5, 5.41) is 12.7. The Bertz CT molecular complexity index is 346. The monoisotopic (exact) mass is 249 g/mol. The largest absolute Gasteiger partial charge is 0.466 e. The van der Waals surface area contributed by atoms with Gasteiger partial charge in [0.1, 0.15) is 0 Å². The summed E-state index contributed by atoms with van der Waals surface area (Å²) < 4.78 is 30.6. The van der Waals surface area contributed by atoms with Crippen LogP contribution in [0.3, 0.4) is 0 Å². The minimum atomic E-state index is -2.67. The number of rotatable bonds is 5. The van der Waals surface area contributed by atoms with Gasteiger partial charge in [-0.25, -0.2) is 8.78 Å². The van der Waals surface area contributed by atoms with Crippen LogP contribution in [0.15, 0.2) is 0 Å². The molecule has 2 aliphatic rings. The predicted octanol–water partition coefficient (Wildman–Crippen LogP) is 0.830. The highest BCUT2D eigenvalue weighted by Gasteiger charge is 2.78. The molecular formula is C11H17F2NO3. The molecule has 0 bridgehead atoms. The molecule has 0 aromatic heterocycles. The lowest BCUT2D eigenvalue weighted by atomic mass is 9.74. The van der Waals surface area contributed by atoms with Crippen molar-refractivity contribution < 1.29 is 23.4 Å². The Balaban J connectivity index is 1.85. The van der Waals surface area contributed by atoms with Gasteiger partial charge in [0.2, 0.25) is 0 Å². The molecule has 0 aromatic carbocycles. The molecule has 3 atom stereocenters. The maximum Gasteiger partial charge on any atom is 0.308 e. The van der Waals surface area contributed by atoms with Crippen LogP contribution in [-0.2, 0) is 9.53 Å². The van der Waals surface area contributed by atoms with Crippen LogP contribution in [-0.4, -0.2) is 40.8 Å². The van der Waals surface area contributed by atoms with Crippen LogP contribution in [0.25, 0.3) is 0 Å². The fourth-order valence-electron chi connectivity index (χ4n) is 2.78. The standard InChI is InChI=1S/C11H17F2NO3/c1-3-17-7(15)4-9(2,16)5-10-6-11(12,13)8(10)14-10/h8,14,16H,3-6H2,1-2H3. The first-order chi connectivity index (χ1) is 7.71. The van der Waals surface area contributed by atoms with Crippen molar-refractivity contribution in [3.8, 4) is 0 Å². The lowest BCUT2D eigenvalue weighted by Crippen LogP contribution is -2.50. The number of alkyl halides is 2. The second-order valence-corrected chi connectivity index (χ2v) is 5.33. The van der Waals surface area contributed by atoms with Crippen LogP contribution in [0, 0.1) is 0 Å². The molecule has 2 N–H and O–H groups in total. The molecule has 6 heteroatoms. The number of nitrogens with one attached hydrogen (secondary N) is 1. The van der Waals surface area contributed by atoms with Gasteiger partial charge in [0.05, 0.1) is 24.7 Å². The van der Waals surface area contributed by atoms with E-state index in [0.29, 0.717) is 0 Å². The highest BCUT2D eigenvalue weighted by molar-refractivity contribution is 5.70. The predicted molar refractivity (Wildman–Crippen MR) is 55.7 cm³/mol. The van der Waals surface area contributed by atoms with Crippen molar-refractivity contribution in [2.24, 2.45) is 0 Å². The van der Waals surface area contributed by atoms with E-state index in [2.05, 4.69) is 5.32 Å². The van der Waals surface area contributed by atoms with E-state index < -0.39 is 29.1 Å². The minimum Gasteiger partial charge on any atom is -0.466 e. The SMILES string of the molecule is CCOC(=O)CC(C)(O)CC12CC(F)(F)C1N2. The van der Waals surface area contributed by atoms with Crippen molar-refractivity contribution in [1.82, 2.24) is 5.32 Å². The fraction of sp³-hybridized carbons (Fsp3) is 0.909. The number of carbonyl (C=O) groups is 1. The summed E-state index contributed by atoms with van der Waals surface area (Å²) in [6.45, 7) is 3.40. The summed E-state index contributed by atoms with van der Waals surface area (Å²) in [6.07, 6.45) is -0.273. The Morgan fingerprint density at radius 3 is 2.71 bits per heavy atom. The first-order valence-corrected chi connectivity index (χ1v) is 5.74. The van der Waals surface area contributed by atoms with Gasteiger partial charge in [-0.05, 0) is 20.3 Å². The zero-order valence-electron chi connectivity index (χ0n) is 9.93. The Hall–Kier alpha value is -0.750. The lowest BCUT2D eigenvalue weighted by molar-refractivity contribution is -0.149. The van der Waals surface area contributed by atoms with Gasteiger partial charge in [-0.3, -0.25) is 10.1 Å². The van der Waals surface area contributed by atoms with Crippen LogP contribution in [0.2, 0.25) is 0 Å². The Labute approximate surface area is 98.3 Å². The highest BCUT2D eigenvalue weighted by atomic mass is 19.3. The van der Waals surface area contributed by atoms with Gasteiger partial charge in [0.25, 0.3) is 5.92 Å². The molecule has 4 nitrogen and oxygen atoms in total. The van der Waals surface area contributed by atoms with Gasteiger partial charge in [-0.15, -0.1) is 0 Å². The van der Waals surface area contributed by atoms with Crippen molar-refractivity contribution in [3.63, 3.8) is 0 Å². The molecule has 1 aliphatic heterocycles. The molecule has 0 spiro atoms. The fourth-order valence-corrected chi connectivity index (χ4v) is 2.78. The lowest BCUT2D eigenvalue weighted by Gasteiger charge is -2.36. The number of fused-ring (bicyclic) bond motifs is 1. The smallest absolute Gasteiger partial charge is 0.308 e. The van der Waals surface area contributed by atoms with Crippen molar-refractivity contribution in [3.05, 3.63) is 0 Å². The number of hydrogen-bond acceptors (Lipinski definition) is 4. The summed E-state index contributed by atoms with van der Waals surface area (Å²) in [7, 11) is 0. The second kappa shape index (κ2) is 3.62. The first kappa shape index (κ1) is 12.7. The number of ether oxygens (including phenoxy) is 1. The zero-order chi connectivity index (χ0) is 12.9. The Morgan fingerprint density at radius 1 is 1.65 bits per heavy atom. The van der Waals surface area contributed by atoms with Crippen molar-refractivity contribution in [1.29, 1.82) is 0 Å². The van der Waals surface area contributed by atoms with E-state index in [1.807, 2.05) is 0 Å². The number of halogens is 2. The van der Waals surface area contributed by atoms with Crippen LogP contribution in [0.5, 0.6) is 0 Å². The van der Waals surface area contributed by atoms with E-state index in [4.69, 9.17) is 4.74 Å². The molecule has 0 aromatic rings. The third-order valence-electron chi connectivity index (χ3n) is 3.40. The Morgan fingerprint density at radius 2 is 2.29 bits per heavy atom. The molecule has 98 valence electrons. The zero-order valence-corrected chi connectivity index (χ0v) is 9.93. The maximum absolute atomic E-state index is 12.9. The summed E-state index contributed by atoms with van der Waals surface area (Å²) in [5.74, 6) is -3.17. The average Bonchev–Trinajstić information content (AvgIpc) is 2.71. The van der Waals surface area contributed by atoms with Gasteiger partial charge < -0.3 is 9.84 Å². The molecular weight excluding hydrogens is 232 g/mol. The number of carbonyl (C=O) groups excluding carboxylic acids is 1.